The Labute approximate surface area is 101 Å². The largest absolute Gasteiger partial charge is 0.374 e. The highest BCUT2D eigenvalue weighted by Gasteiger charge is 2.31. The Morgan fingerprint density at radius 3 is 2.94 bits per heavy atom. The molecule has 1 fully saturated rings. The predicted molar refractivity (Wildman–Crippen MR) is 65.6 cm³/mol. The van der Waals surface area contributed by atoms with E-state index in [1.54, 1.807) is 0 Å². The number of nitrogens with two attached hydrogens (primary N) is 1. The Morgan fingerprint density at radius 1 is 1.50 bits per heavy atom. The van der Waals surface area contributed by atoms with Crippen molar-refractivity contribution in [3.63, 3.8) is 0 Å². The average molecular weight is 241 g/mol. The second-order valence-corrected chi connectivity index (χ2v) is 4.50. The zero-order valence-electron chi connectivity index (χ0n) is 9.40. The lowest BCUT2D eigenvalue weighted by Gasteiger charge is -2.39. The van der Waals surface area contributed by atoms with Crippen LogP contribution in [0.2, 0.25) is 5.02 Å². The van der Waals surface area contributed by atoms with Crippen molar-refractivity contribution in [2.75, 3.05) is 26.7 Å². The third kappa shape index (κ3) is 2.23. The molecule has 0 saturated carbocycles. The number of ether oxygens (including phenoxy) is 1. The molecule has 1 aliphatic rings. The van der Waals surface area contributed by atoms with Gasteiger partial charge in [0, 0.05) is 18.1 Å². The molecule has 1 heterocycles. The molecular weight excluding hydrogens is 224 g/mol. The monoisotopic (exact) mass is 240 g/mol. The Morgan fingerprint density at radius 2 is 2.25 bits per heavy atom. The maximum atomic E-state index is 6.22. The highest BCUT2D eigenvalue weighted by atomic mass is 35.5. The molecule has 0 aromatic heterocycles. The van der Waals surface area contributed by atoms with Crippen LogP contribution in [0.25, 0.3) is 0 Å². The van der Waals surface area contributed by atoms with E-state index in [-0.39, 0.29) is 12.1 Å². The fourth-order valence-corrected chi connectivity index (χ4v) is 2.46. The minimum absolute atomic E-state index is 0.0265. The van der Waals surface area contributed by atoms with Crippen LogP contribution in [0.5, 0.6) is 0 Å². The lowest BCUT2D eigenvalue weighted by Crippen LogP contribution is -2.46. The molecule has 0 spiro atoms. The summed E-state index contributed by atoms with van der Waals surface area (Å²) < 4.78 is 5.69. The third-order valence-electron chi connectivity index (χ3n) is 3.06. The number of morpholine rings is 1. The van der Waals surface area contributed by atoms with Crippen LogP contribution in [-0.2, 0) is 4.74 Å². The fourth-order valence-electron chi connectivity index (χ4n) is 2.21. The van der Waals surface area contributed by atoms with Gasteiger partial charge in [0.25, 0.3) is 0 Å². The van der Waals surface area contributed by atoms with Crippen molar-refractivity contribution in [3.8, 4) is 0 Å². The van der Waals surface area contributed by atoms with Crippen LogP contribution in [0.15, 0.2) is 24.3 Å². The summed E-state index contributed by atoms with van der Waals surface area (Å²) in [5, 5.41) is 0.781. The highest BCUT2D eigenvalue weighted by Crippen LogP contribution is 2.32. The van der Waals surface area contributed by atoms with Gasteiger partial charge in [-0.1, -0.05) is 29.8 Å². The van der Waals surface area contributed by atoms with E-state index in [0.29, 0.717) is 6.54 Å². The molecule has 0 amide bonds. The summed E-state index contributed by atoms with van der Waals surface area (Å²) in [7, 11) is 2.08. The maximum absolute atomic E-state index is 6.22. The lowest BCUT2D eigenvalue weighted by molar-refractivity contribution is -0.0576. The van der Waals surface area contributed by atoms with Crippen molar-refractivity contribution in [1.82, 2.24) is 4.90 Å². The van der Waals surface area contributed by atoms with E-state index in [1.165, 1.54) is 0 Å². The van der Waals surface area contributed by atoms with E-state index >= 15 is 0 Å². The normalized spacial score (nSPS) is 26.9. The molecule has 1 aliphatic heterocycles. The summed E-state index contributed by atoms with van der Waals surface area (Å²) in [6.07, 6.45) is 0.0265. The van der Waals surface area contributed by atoms with Crippen LogP contribution in [0.1, 0.15) is 11.6 Å². The molecule has 0 bridgehead atoms. The van der Waals surface area contributed by atoms with Crippen molar-refractivity contribution in [2.45, 2.75) is 12.1 Å². The van der Waals surface area contributed by atoms with E-state index in [4.69, 9.17) is 22.1 Å². The molecule has 3 nitrogen and oxygen atoms in total. The van der Waals surface area contributed by atoms with Gasteiger partial charge in [-0.2, -0.15) is 0 Å². The summed E-state index contributed by atoms with van der Waals surface area (Å²) in [5.74, 6) is 0. The number of nitrogens with zero attached hydrogens (tertiary/aromatic N) is 1. The van der Waals surface area contributed by atoms with Crippen LogP contribution < -0.4 is 5.73 Å². The Hall–Kier alpha value is -0.610. The quantitative estimate of drug-likeness (QED) is 0.855. The van der Waals surface area contributed by atoms with E-state index in [1.807, 2.05) is 24.3 Å². The van der Waals surface area contributed by atoms with Gasteiger partial charge in [0.15, 0.2) is 0 Å². The zero-order chi connectivity index (χ0) is 11.5. The molecular formula is C12H17ClN2O. The van der Waals surface area contributed by atoms with Gasteiger partial charge in [0.1, 0.15) is 0 Å². The van der Waals surface area contributed by atoms with Gasteiger partial charge in [-0.05, 0) is 18.7 Å². The number of halogens is 1. The summed E-state index contributed by atoms with van der Waals surface area (Å²) >= 11 is 6.22. The van der Waals surface area contributed by atoms with Gasteiger partial charge in [-0.25, -0.2) is 0 Å². The van der Waals surface area contributed by atoms with E-state index in [0.717, 1.165) is 23.7 Å². The first-order valence-electron chi connectivity index (χ1n) is 5.50. The zero-order valence-corrected chi connectivity index (χ0v) is 10.2. The first-order valence-corrected chi connectivity index (χ1v) is 5.88. The third-order valence-corrected chi connectivity index (χ3v) is 3.40. The van der Waals surface area contributed by atoms with Crippen LogP contribution in [-0.4, -0.2) is 37.7 Å². The Balaban J connectivity index is 2.32. The molecule has 88 valence electrons. The van der Waals surface area contributed by atoms with Crippen LogP contribution >= 0.6 is 11.6 Å². The predicted octanol–water partition coefficient (Wildman–Crippen LogP) is 1.67. The first kappa shape index (κ1) is 11.9. The maximum Gasteiger partial charge on any atom is 0.0894 e. The van der Waals surface area contributed by atoms with Crippen molar-refractivity contribution >= 4 is 11.6 Å². The standard InChI is InChI=1S/C12H17ClN2O/c1-15-6-7-16-11(8-14)12(15)9-4-2-3-5-10(9)13/h2-5,11-12H,6-8,14H2,1H3. The fraction of sp³-hybridized carbons (Fsp3) is 0.500. The van der Waals surface area contributed by atoms with Crippen molar-refractivity contribution in [1.29, 1.82) is 0 Å². The molecule has 2 unspecified atom stereocenters. The first-order chi connectivity index (χ1) is 7.74. The molecule has 2 rings (SSSR count). The minimum Gasteiger partial charge on any atom is -0.374 e. The molecule has 1 aromatic rings. The van der Waals surface area contributed by atoms with E-state index in [9.17, 15) is 0 Å². The number of benzene rings is 1. The van der Waals surface area contributed by atoms with E-state index in [2.05, 4.69) is 11.9 Å². The summed E-state index contributed by atoms with van der Waals surface area (Å²) in [6.45, 7) is 2.16. The average Bonchev–Trinajstić information content (AvgIpc) is 2.30. The topological polar surface area (TPSA) is 38.5 Å². The smallest absolute Gasteiger partial charge is 0.0894 e. The van der Waals surface area contributed by atoms with Gasteiger partial charge in [-0.15, -0.1) is 0 Å². The molecule has 4 heteroatoms. The van der Waals surface area contributed by atoms with Crippen molar-refractivity contribution < 1.29 is 4.74 Å². The highest BCUT2D eigenvalue weighted by molar-refractivity contribution is 6.31. The second kappa shape index (κ2) is 5.15. The molecule has 16 heavy (non-hydrogen) atoms. The summed E-state index contributed by atoms with van der Waals surface area (Å²) in [4.78, 5) is 2.25. The van der Waals surface area contributed by atoms with Crippen LogP contribution in [0.3, 0.4) is 0 Å². The van der Waals surface area contributed by atoms with Gasteiger partial charge in [-0.3, -0.25) is 4.90 Å². The molecule has 0 aliphatic carbocycles. The van der Waals surface area contributed by atoms with Crippen LogP contribution in [0, 0.1) is 0 Å². The summed E-state index contributed by atoms with van der Waals surface area (Å²) in [6, 6.07) is 8.05. The lowest BCUT2D eigenvalue weighted by atomic mass is 9.98. The van der Waals surface area contributed by atoms with Gasteiger partial charge >= 0.3 is 0 Å². The van der Waals surface area contributed by atoms with Crippen LogP contribution in [0.4, 0.5) is 0 Å². The Kier molecular flexibility index (Phi) is 3.82. The molecule has 1 saturated heterocycles. The molecule has 0 radical (unpaired) electrons. The van der Waals surface area contributed by atoms with Gasteiger partial charge < -0.3 is 10.5 Å². The molecule has 1 aromatic carbocycles. The SMILES string of the molecule is CN1CCOC(CN)C1c1ccccc1Cl. The number of likely N-dealkylation sites (N-methyl/N-ethyl adjacent to an activating group) is 1. The number of hydrogen-bond donors (Lipinski definition) is 1. The van der Waals surface area contributed by atoms with Crippen molar-refractivity contribution in [2.24, 2.45) is 5.73 Å². The van der Waals surface area contributed by atoms with Gasteiger partial charge in [0.05, 0.1) is 18.8 Å². The number of hydrogen-bond acceptors (Lipinski definition) is 3. The second-order valence-electron chi connectivity index (χ2n) is 4.09. The number of rotatable bonds is 2. The van der Waals surface area contributed by atoms with Gasteiger partial charge in [0.2, 0.25) is 0 Å². The van der Waals surface area contributed by atoms with E-state index < -0.39 is 0 Å². The van der Waals surface area contributed by atoms with Crippen molar-refractivity contribution in [3.05, 3.63) is 34.9 Å². The summed E-state index contributed by atoms with van der Waals surface area (Å²) in [5.41, 5.74) is 6.85. The molecule has 2 N–H and O–H groups in total. The molecule has 2 atom stereocenters. The minimum atomic E-state index is 0.0265. The Bertz CT molecular complexity index is 359.